The van der Waals surface area contributed by atoms with E-state index in [2.05, 4.69) is 20.0 Å². The van der Waals surface area contributed by atoms with Crippen molar-refractivity contribution in [2.75, 3.05) is 32.1 Å². The maximum absolute atomic E-state index is 12.5. The molecule has 1 aliphatic rings. The molecule has 2 atom stereocenters. The molecule has 7 nitrogen and oxygen atoms in total. The van der Waals surface area contributed by atoms with E-state index in [-0.39, 0.29) is 5.92 Å². The van der Waals surface area contributed by atoms with Crippen LogP contribution >= 0.6 is 0 Å². The van der Waals surface area contributed by atoms with E-state index in [1.54, 1.807) is 18.2 Å². The Bertz CT molecular complexity index is 704. The van der Waals surface area contributed by atoms with Crippen LogP contribution in [0.5, 0.6) is 0 Å². The van der Waals surface area contributed by atoms with Crippen LogP contribution < -0.4 is 11.1 Å². The fourth-order valence-corrected chi connectivity index (χ4v) is 3.64. The van der Waals surface area contributed by atoms with Gasteiger partial charge in [0.2, 0.25) is 0 Å². The van der Waals surface area contributed by atoms with Crippen LogP contribution in [0.3, 0.4) is 0 Å². The molecular formula is C14H17N3O4S. The summed E-state index contributed by atoms with van der Waals surface area (Å²) in [6, 6.07) is 7.14. The van der Waals surface area contributed by atoms with E-state index >= 15 is 0 Å². The van der Waals surface area contributed by atoms with Gasteiger partial charge in [0, 0.05) is 35.2 Å². The van der Waals surface area contributed by atoms with Crippen molar-refractivity contribution >= 4 is 10.8 Å². The predicted molar refractivity (Wildman–Crippen MR) is 81.0 cm³/mol. The lowest BCUT2D eigenvalue weighted by molar-refractivity contribution is 0.129. The first-order valence-electron chi connectivity index (χ1n) is 7.05. The Kier molecular flexibility index (Phi) is 4.81. The predicted octanol–water partition coefficient (Wildman–Crippen LogP) is 0.373. The zero-order valence-electron chi connectivity index (χ0n) is 11.9. The highest BCUT2D eigenvalue weighted by molar-refractivity contribution is 7.85. The summed E-state index contributed by atoms with van der Waals surface area (Å²) in [5, 5.41) is 6.92. The molecule has 2 N–H and O–H groups in total. The van der Waals surface area contributed by atoms with Gasteiger partial charge in [0.05, 0.1) is 24.0 Å². The normalized spacial score (nSPS) is 20.5. The summed E-state index contributed by atoms with van der Waals surface area (Å²) in [5.74, 6) is 0.483. The second kappa shape index (κ2) is 6.99. The van der Waals surface area contributed by atoms with Gasteiger partial charge in [0.25, 0.3) is 0 Å². The molecule has 3 rings (SSSR count). The van der Waals surface area contributed by atoms with E-state index in [1.807, 2.05) is 6.07 Å². The molecule has 0 aliphatic carbocycles. The summed E-state index contributed by atoms with van der Waals surface area (Å²) in [5.41, 5.74) is 0.673. The van der Waals surface area contributed by atoms with E-state index in [1.165, 1.54) is 0 Å². The number of rotatable bonds is 4. The van der Waals surface area contributed by atoms with Crippen molar-refractivity contribution < 1.29 is 13.5 Å². The number of nitrogens with zero attached hydrogens (tertiary/aromatic N) is 1. The van der Waals surface area contributed by atoms with Crippen molar-refractivity contribution in [3.63, 3.8) is 0 Å². The van der Waals surface area contributed by atoms with Crippen molar-refractivity contribution in [1.82, 2.24) is 15.5 Å². The molecule has 8 heteroatoms. The quantitative estimate of drug-likeness (QED) is 0.844. The van der Waals surface area contributed by atoms with Gasteiger partial charge in [-0.25, -0.2) is 4.79 Å². The lowest BCUT2D eigenvalue weighted by Gasteiger charge is -2.13. The van der Waals surface area contributed by atoms with Crippen molar-refractivity contribution in [1.29, 1.82) is 0 Å². The van der Waals surface area contributed by atoms with Crippen LogP contribution in [-0.4, -0.2) is 46.4 Å². The minimum Gasteiger partial charge on any atom is -0.380 e. The minimum absolute atomic E-state index is 0.221. The molecule has 22 heavy (non-hydrogen) atoms. The number of benzene rings is 1. The van der Waals surface area contributed by atoms with Crippen LogP contribution in [0.2, 0.25) is 0 Å². The fourth-order valence-electron chi connectivity index (χ4n) is 2.32. The van der Waals surface area contributed by atoms with E-state index in [4.69, 9.17) is 4.74 Å². The molecule has 1 aliphatic heterocycles. The Hall–Kier alpha value is -1.77. The molecule has 0 amide bonds. The van der Waals surface area contributed by atoms with Crippen molar-refractivity contribution in [3.05, 3.63) is 34.8 Å². The molecule has 2 unspecified atom stereocenters. The monoisotopic (exact) mass is 323 g/mol. The second-order valence-corrected chi connectivity index (χ2v) is 6.62. The van der Waals surface area contributed by atoms with Crippen LogP contribution in [0, 0.1) is 5.92 Å². The summed E-state index contributed by atoms with van der Waals surface area (Å²) in [4.78, 5) is 14.2. The van der Waals surface area contributed by atoms with Crippen molar-refractivity contribution in [2.24, 2.45) is 5.92 Å². The van der Waals surface area contributed by atoms with Crippen molar-refractivity contribution in [3.8, 4) is 11.4 Å². The van der Waals surface area contributed by atoms with Gasteiger partial charge in [-0.05, 0) is 12.1 Å². The average Bonchev–Trinajstić information content (AvgIpc) is 2.80. The molecule has 1 aromatic carbocycles. The van der Waals surface area contributed by atoms with Crippen molar-refractivity contribution in [2.45, 2.75) is 4.90 Å². The zero-order valence-corrected chi connectivity index (χ0v) is 12.7. The third-order valence-electron chi connectivity index (χ3n) is 3.41. The van der Waals surface area contributed by atoms with Crippen LogP contribution in [0.1, 0.15) is 0 Å². The molecule has 0 spiro atoms. The van der Waals surface area contributed by atoms with Crippen LogP contribution in [0.25, 0.3) is 11.4 Å². The highest BCUT2D eigenvalue weighted by atomic mass is 32.2. The van der Waals surface area contributed by atoms with Gasteiger partial charge >= 0.3 is 5.76 Å². The molecule has 0 radical (unpaired) electrons. The average molecular weight is 323 g/mol. The first kappa shape index (κ1) is 15.1. The van der Waals surface area contributed by atoms with Crippen LogP contribution in [-0.2, 0) is 15.5 Å². The first-order chi connectivity index (χ1) is 10.7. The Morgan fingerprint density at radius 1 is 1.41 bits per heavy atom. The fraction of sp³-hybridized carbons (Fsp3) is 0.429. The van der Waals surface area contributed by atoms with Gasteiger partial charge in [-0.3, -0.25) is 13.7 Å². The molecular weight excluding hydrogens is 306 g/mol. The summed E-state index contributed by atoms with van der Waals surface area (Å²) in [7, 11) is -1.14. The summed E-state index contributed by atoms with van der Waals surface area (Å²) in [6.45, 7) is 2.95. The van der Waals surface area contributed by atoms with Gasteiger partial charge in [-0.1, -0.05) is 17.3 Å². The van der Waals surface area contributed by atoms with E-state index in [0.717, 1.165) is 13.1 Å². The Balaban J connectivity index is 1.73. The largest absolute Gasteiger partial charge is 0.439 e. The Labute approximate surface area is 129 Å². The van der Waals surface area contributed by atoms with Gasteiger partial charge in [0.1, 0.15) is 0 Å². The molecule has 1 fully saturated rings. The smallest absolute Gasteiger partial charge is 0.380 e. The molecule has 0 saturated carbocycles. The zero-order chi connectivity index (χ0) is 15.4. The number of aromatic amines is 1. The maximum atomic E-state index is 12.5. The lowest BCUT2D eigenvalue weighted by atomic mass is 10.2. The van der Waals surface area contributed by atoms with Gasteiger partial charge in [0.15, 0.2) is 5.82 Å². The van der Waals surface area contributed by atoms with Crippen LogP contribution in [0.4, 0.5) is 0 Å². The van der Waals surface area contributed by atoms with Gasteiger partial charge < -0.3 is 10.1 Å². The molecule has 2 aromatic rings. The minimum atomic E-state index is -1.14. The molecule has 1 saturated heterocycles. The van der Waals surface area contributed by atoms with E-state index in [0.29, 0.717) is 35.2 Å². The van der Waals surface area contributed by atoms with Crippen LogP contribution in [0.15, 0.2) is 38.5 Å². The summed E-state index contributed by atoms with van der Waals surface area (Å²) in [6.07, 6.45) is 0. The number of nitrogens with one attached hydrogen (secondary N) is 2. The van der Waals surface area contributed by atoms with E-state index in [9.17, 15) is 9.00 Å². The SMILES string of the molecule is O=c1[nH]c(-c2cccc(S(=O)CC3CNCCOC3)c2)no1. The highest BCUT2D eigenvalue weighted by Crippen LogP contribution is 2.19. The molecule has 1 aromatic heterocycles. The number of H-pyrrole nitrogens is 1. The molecule has 118 valence electrons. The molecule has 0 bridgehead atoms. The van der Waals surface area contributed by atoms with Gasteiger partial charge in [-0.2, -0.15) is 0 Å². The third-order valence-corrected chi connectivity index (χ3v) is 4.96. The second-order valence-electron chi connectivity index (χ2n) is 5.13. The maximum Gasteiger partial charge on any atom is 0.439 e. The third kappa shape index (κ3) is 3.70. The summed E-state index contributed by atoms with van der Waals surface area (Å²) >= 11 is 0. The first-order valence-corrected chi connectivity index (χ1v) is 8.37. The topological polar surface area (TPSA) is 97.2 Å². The number of aromatic nitrogens is 2. The van der Waals surface area contributed by atoms with E-state index < -0.39 is 16.6 Å². The highest BCUT2D eigenvalue weighted by Gasteiger charge is 2.17. The Morgan fingerprint density at radius 3 is 3.14 bits per heavy atom. The summed E-state index contributed by atoms with van der Waals surface area (Å²) < 4.78 is 22.5. The lowest BCUT2D eigenvalue weighted by Crippen LogP contribution is -2.26. The number of ether oxygens (including phenoxy) is 1. The number of hydrogen-bond acceptors (Lipinski definition) is 6. The standard InChI is InChI=1S/C14H17N3O4S/c18-14-16-13(17-21-14)11-2-1-3-12(6-11)22(19)9-10-7-15-4-5-20-8-10/h1-3,6,10,15H,4-5,7-9H2,(H,16,17,18). The Morgan fingerprint density at radius 2 is 2.32 bits per heavy atom. The van der Waals surface area contributed by atoms with Gasteiger partial charge in [-0.15, -0.1) is 0 Å². The molecule has 2 heterocycles. The number of hydrogen-bond donors (Lipinski definition) is 2.